The molecular formula is C13H18O2. The molecule has 0 aromatic heterocycles. The Morgan fingerprint density at radius 3 is 2.60 bits per heavy atom. The van der Waals surface area contributed by atoms with Crippen molar-refractivity contribution >= 4 is 5.78 Å². The third-order valence-electron chi connectivity index (χ3n) is 4.57. The van der Waals surface area contributed by atoms with Crippen LogP contribution in [0.3, 0.4) is 0 Å². The zero-order valence-corrected chi connectivity index (χ0v) is 9.36. The average Bonchev–Trinajstić information content (AvgIpc) is 2.73. The van der Waals surface area contributed by atoms with E-state index in [-0.39, 0.29) is 11.7 Å². The molecule has 0 aromatic rings. The first-order valence-electron chi connectivity index (χ1n) is 5.97. The van der Waals surface area contributed by atoms with Gasteiger partial charge in [0.1, 0.15) is 0 Å². The molecule has 0 amide bonds. The maximum Gasteiger partial charge on any atom is 0.165 e. The second-order valence-corrected chi connectivity index (χ2v) is 5.94. The SMILES string of the molecule is CC(C)(O)C1=CC2C3CCC(C3)C2C1=O. The molecule has 1 N–H and O–H groups in total. The lowest BCUT2D eigenvalue weighted by Gasteiger charge is -2.23. The second-order valence-electron chi connectivity index (χ2n) is 5.94. The molecule has 0 aliphatic heterocycles. The molecule has 0 saturated heterocycles. The monoisotopic (exact) mass is 206 g/mol. The molecule has 2 nitrogen and oxygen atoms in total. The predicted octanol–water partition coefficient (Wildman–Crippen LogP) is 1.93. The molecule has 15 heavy (non-hydrogen) atoms. The van der Waals surface area contributed by atoms with E-state index >= 15 is 0 Å². The summed E-state index contributed by atoms with van der Waals surface area (Å²) in [7, 11) is 0. The Kier molecular flexibility index (Phi) is 1.75. The predicted molar refractivity (Wildman–Crippen MR) is 57.2 cm³/mol. The molecule has 0 spiro atoms. The van der Waals surface area contributed by atoms with Gasteiger partial charge in [-0.1, -0.05) is 6.08 Å². The van der Waals surface area contributed by atoms with Crippen molar-refractivity contribution in [3.63, 3.8) is 0 Å². The van der Waals surface area contributed by atoms with Crippen molar-refractivity contribution in [1.29, 1.82) is 0 Å². The van der Waals surface area contributed by atoms with E-state index in [2.05, 4.69) is 6.08 Å². The maximum atomic E-state index is 12.2. The number of hydrogen-bond acceptors (Lipinski definition) is 2. The van der Waals surface area contributed by atoms with Gasteiger partial charge in [-0.05, 0) is 50.9 Å². The molecule has 2 fully saturated rings. The third-order valence-corrected chi connectivity index (χ3v) is 4.57. The van der Waals surface area contributed by atoms with E-state index in [0.717, 1.165) is 5.92 Å². The van der Waals surface area contributed by atoms with Crippen LogP contribution in [0.2, 0.25) is 0 Å². The minimum absolute atomic E-state index is 0.227. The van der Waals surface area contributed by atoms with Gasteiger partial charge < -0.3 is 5.11 Å². The highest BCUT2D eigenvalue weighted by atomic mass is 16.3. The van der Waals surface area contributed by atoms with E-state index in [4.69, 9.17) is 0 Å². The number of aliphatic hydroxyl groups is 1. The Balaban J connectivity index is 1.97. The molecule has 2 heteroatoms. The molecule has 0 aromatic carbocycles. The Labute approximate surface area is 90.4 Å². The van der Waals surface area contributed by atoms with Crippen LogP contribution in [0.5, 0.6) is 0 Å². The standard InChI is InChI=1S/C13H18O2/c1-13(2,15)10-6-9-7-3-4-8(5-7)11(9)12(10)14/h6-9,11,15H,3-5H2,1-2H3. The zero-order valence-electron chi connectivity index (χ0n) is 9.36. The van der Waals surface area contributed by atoms with Gasteiger partial charge in [0.2, 0.25) is 0 Å². The van der Waals surface area contributed by atoms with Gasteiger partial charge in [-0.3, -0.25) is 4.79 Å². The zero-order chi connectivity index (χ0) is 10.8. The second kappa shape index (κ2) is 2.73. The molecule has 2 saturated carbocycles. The number of carbonyl (C=O) groups is 1. The summed E-state index contributed by atoms with van der Waals surface area (Å²) < 4.78 is 0. The molecule has 3 rings (SSSR count). The first kappa shape index (κ1) is 9.59. The van der Waals surface area contributed by atoms with Gasteiger partial charge in [0.25, 0.3) is 0 Å². The maximum absolute atomic E-state index is 12.2. The van der Waals surface area contributed by atoms with Crippen LogP contribution in [0, 0.1) is 23.7 Å². The number of carbonyl (C=O) groups excluding carboxylic acids is 1. The van der Waals surface area contributed by atoms with E-state index in [1.807, 2.05) is 0 Å². The van der Waals surface area contributed by atoms with Crippen LogP contribution in [-0.2, 0) is 4.79 Å². The van der Waals surface area contributed by atoms with Crippen molar-refractivity contribution in [3.05, 3.63) is 11.6 Å². The highest BCUT2D eigenvalue weighted by molar-refractivity contribution is 6.02. The summed E-state index contributed by atoms with van der Waals surface area (Å²) in [6, 6.07) is 0. The largest absolute Gasteiger partial charge is 0.386 e. The molecule has 0 heterocycles. The van der Waals surface area contributed by atoms with E-state index in [1.54, 1.807) is 13.8 Å². The van der Waals surface area contributed by atoms with Crippen molar-refractivity contribution in [2.45, 2.75) is 38.7 Å². The van der Waals surface area contributed by atoms with Crippen molar-refractivity contribution in [2.24, 2.45) is 23.7 Å². The number of Topliss-reactive ketones (excluding diaryl/α,β-unsaturated/α-hetero) is 1. The van der Waals surface area contributed by atoms with Crippen LogP contribution in [0.4, 0.5) is 0 Å². The fourth-order valence-corrected chi connectivity index (χ4v) is 3.92. The number of rotatable bonds is 1. The van der Waals surface area contributed by atoms with Gasteiger partial charge in [0, 0.05) is 11.5 Å². The van der Waals surface area contributed by atoms with Crippen molar-refractivity contribution in [3.8, 4) is 0 Å². The van der Waals surface area contributed by atoms with Crippen molar-refractivity contribution in [1.82, 2.24) is 0 Å². The van der Waals surface area contributed by atoms with E-state index < -0.39 is 5.60 Å². The van der Waals surface area contributed by atoms with Gasteiger partial charge in [0.15, 0.2) is 5.78 Å². The Bertz CT molecular complexity index is 348. The average molecular weight is 206 g/mol. The molecule has 3 aliphatic carbocycles. The number of allylic oxidation sites excluding steroid dienone is 1. The summed E-state index contributed by atoms with van der Waals surface area (Å²) in [5.74, 6) is 2.26. The summed E-state index contributed by atoms with van der Waals surface area (Å²) in [4.78, 5) is 12.2. The molecule has 2 bridgehead atoms. The van der Waals surface area contributed by atoms with Crippen LogP contribution < -0.4 is 0 Å². The highest BCUT2D eigenvalue weighted by Gasteiger charge is 2.54. The van der Waals surface area contributed by atoms with Gasteiger partial charge in [-0.15, -0.1) is 0 Å². The topological polar surface area (TPSA) is 37.3 Å². The third kappa shape index (κ3) is 1.17. The summed E-state index contributed by atoms with van der Waals surface area (Å²) in [5.41, 5.74) is -0.268. The molecule has 4 unspecified atom stereocenters. The minimum Gasteiger partial charge on any atom is -0.386 e. The lowest BCUT2D eigenvalue weighted by Crippen LogP contribution is -2.30. The Morgan fingerprint density at radius 2 is 2.00 bits per heavy atom. The molecular weight excluding hydrogens is 188 g/mol. The molecule has 82 valence electrons. The van der Waals surface area contributed by atoms with Gasteiger partial charge in [0.05, 0.1) is 5.60 Å². The number of hydrogen-bond donors (Lipinski definition) is 1. The first-order chi connectivity index (χ1) is 6.98. The van der Waals surface area contributed by atoms with Crippen molar-refractivity contribution in [2.75, 3.05) is 0 Å². The molecule has 4 atom stereocenters. The smallest absolute Gasteiger partial charge is 0.165 e. The van der Waals surface area contributed by atoms with E-state index in [1.165, 1.54) is 19.3 Å². The first-order valence-corrected chi connectivity index (χ1v) is 5.97. The fourth-order valence-electron chi connectivity index (χ4n) is 3.92. The van der Waals surface area contributed by atoms with Crippen LogP contribution in [0.1, 0.15) is 33.1 Å². The van der Waals surface area contributed by atoms with E-state index in [9.17, 15) is 9.90 Å². The van der Waals surface area contributed by atoms with Gasteiger partial charge >= 0.3 is 0 Å². The van der Waals surface area contributed by atoms with Gasteiger partial charge in [-0.25, -0.2) is 0 Å². The number of ketones is 1. The lowest BCUT2D eigenvalue weighted by molar-refractivity contribution is -0.122. The van der Waals surface area contributed by atoms with Crippen LogP contribution in [0.25, 0.3) is 0 Å². The summed E-state index contributed by atoms with van der Waals surface area (Å²) in [5, 5.41) is 9.95. The Morgan fingerprint density at radius 1 is 1.33 bits per heavy atom. The van der Waals surface area contributed by atoms with E-state index in [0.29, 0.717) is 17.4 Å². The van der Waals surface area contributed by atoms with Crippen molar-refractivity contribution < 1.29 is 9.90 Å². The fraction of sp³-hybridized carbons (Fsp3) is 0.769. The lowest BCUT2D eigenvalue weighted by atomic mass is 9.80. The van der Waals surface area contributed by atoms with Crippen LogP contribution >= 0.6 is 0 Å². The minimum atomic E-state index is -0.944. The van der Waals surface area contributed by atoms with Gasteiger partial charge in [-0.2, -0.15) is 0 Å². The summed E-state index contributed by atoms with van der Waals surface area (Å²) >= 11 is 0. The molecule has 3 aliphatic rings. The highest BCUT2D eigenvalue weighted by Crippen LogP contribution is 2.57. The summed E-state index contributed by atoms with van der Waals surface area (Å²) in [6.07, 6.45) is 5.84. The summed E-state index contributed by atoms with van der Waals surface area (Å²) in [6.45, 7) is 3.44. The van der Waals surface area contributed by atoms with Crippen LogP contribution in [-0.4, -0.2) is 16.5 Å². The Hall–Kier alpha value is -0.630. The number of fused-ring (bicyclic) bond motifs is 5. The van der Waals surface area contributed by atoms with Crippen LogP contribution in [0.15, 0.2) is 11.6 Å². The molecule has 0 radical (unpaired) electrons. The normalized spacial score (nSPS) is 43.4. The quantitative estimate of drug-likeness (QED) is 0.711.